The van der Waals surface area contributed by atoms with Gasteiger partial charge in [-0.2, -0.15) is 0 Å². The fourth-order valence-electron chi connectivity index (χ4n) is 1.69. The standard InChI is InChI=1S/C14H20N2O3/c1-10(8-9-16(2)3)15-13(17)11-6-4-5-7-12(11)14(18)19/h4-7,10H,8-9H2,1-3H3,(H,15,17)(H,18,19). The summed E-state index contributed by atoms with van der Waals surface area (Å²) in [7, 11) is 3.93. The summed E-state index contributed by atoms with van der Waals surface area (Å²) < 4.78 is 0. The first-order valence-corrected chi connectivity index (χ1v) is 6.19. The number of nitrogens with zero attached hydrogens (tertiary/aromatic N) is 1. The molecule has 1 aromatic carbocycles. The van der Waals surface area contributed by atoms with Gasteiger partial charge >= 0.3 is 5.97 Å². The van der Waals surface area contributed by atoms with E-state index in [9.17, 15) is 9.59 Å². The van der Waals surface area contributed by atoms with E-state index in [1.165, 1.54) is 12.1 Å². The molecular formula is C14H20N2O3. The first-order valence-electron chi connectivity index (χ1n) is 6.19. The molecular weight excluding hydrogens is 244 g/mol. The third-order valence-electron chi connectivity index (χ3n) is 2.79. The first-order chi connectivity index (χ1) is 8.91. The minimum absolute atomic E-state index is 0.00301. The van der Waals surface area contributed by atoms with Crippen molar-refractivity contribution in [2.75, 3.05) is 20.6 Å². The van der Waals surface area contributed by atoms with Crippen molar-refractivity contribution in [1.29, 1.82) is 0 Å². The van der Waals surface area contributed by atoms with Gasteiger partial charge in [-0.3, -0.25) is 4.79 Å². The molecule has 0 saturated heterocycles. The van der Waals surface area contributed by atoms with Crippen LogP contribution in [0, 0.1) is 0 Å². The molecule has 0 bridgehead atoms. The average molecular weight is 264 g/mol. The van der Waals surface area contributed by atoms with Crippen LogP contribution in [0.25, 0.3) is 0 Å². The molecule has 1 aromatic rings. The number of aromatic carboxylic acids is 1. The Morgan fingerprint density at radius 1 is 1.26 bits per heavy atom. The van der Waals surface area contributed by atoms with Gasteiger partial charge in [0.1, 0.15) is 0 Å². The zero-order chi connectivity index (χ0) is 14.4. The Labute approximate surface area is 113 Å². The van der Waals surface area contributed by atoms with Gasteiger partial charge in [0.05, 0.1) is 11.1 Å². The number of carbonyl (C=O) groups excluding carboxylic acids is 1. The number of carboxylic acids is 1. The van der Waals surface area contributed by atoms with Gasteiger partial charge in [-0.1, -0.05) is 12.1 Å². The summed E-state index contributed by atoms with van der Waals surface area (Å²) in [6.07, 6.45) is 0.813. The Hall–Kier alpha value is -1.88. The Morgan fingerprint density at radius 2 is 1.84 bits per heavy atom. The first kappa shape index (κ1) is 15.2. The van der Waals surface area contributed by atoms with E-state index in [4.69, 9.17) is 5.11 Å². The summed E-state index contributed by atoms with van der Waals surface area (Å²) >= 11 is 0. The Balaban J connectivity index is 2.70. The van der Waals surface area contributed by atoms with E-state index in [1.54, 1.807) is 12.1 Å². The van der Waals surface area contributed by atoms with Crippen LogP contribution < -0.4 is 5.32 Å². The van der Waals surface area contributed by atoms with Gasteiger partial charge < -0.3 is 15.3 Å². The Bertz CT molecular complexity index is 458. The molecule has 1 rings (SSSR count). The van der Waals surface area contributed by atoms with Crippen LogP contribution in [0.5, 0.6) is 0 Å². The van der Waals surface area contributed by atoms with Crippen LogP contribution in [0.4, 0.5) is 0 Å². The Kier molecular flexibility index (Phi) is 5.51. The minimum atomic E-state index is -1.09. The molecule has 5 nitrogen and oxygen atoms in total. The lowest BCUT2D eigenvalue weighted by atomic mass is 10.1. The van der Waals surface area contributed by atoms with Crippen molar-refractivity contribution in [2.45, 2.75) is 19.4 Å². The number of rotatable bonds is 6. The van der Waals surface area contributed by atoms with Crippen LogP contribution in [0.15, 0.2) is 24.3 Å². The predicted octanol–water partition coefficient (Wildman–Crippen LogP) is 1.45. The fourth-order valence-corrected chi connectivity index (χ4v) is 1.69. The molecule has 0 aliphatic carbocycles. The normalized spacial score (nSPS) is 12.2. The molecule has 1 amide bonds. The number of nitrogens with one attached hydrogen (secondary N) is 1. The number of carboxylic acid groups (broad SMARTS) is 1. The van der Waals surface area contributed by atoms with Crippen LogP contribution >= 0.6 is 0 Å². The van der Waals surface area contributed by atoms with Crippen molar-refractivity contribution in [2.24, 2.45) is 0 Å². The topological polar surface area (TPSA) is 69.6 Å². The largest absolute Gasteiger partial charge is 0.478 e. The average Bonchev–Trinajstić information content (AvgIpc) is 2.36. The number of carbonyl (C=O) groups is 2. The van der Waals surface area contributed by atoms with E-state index in [-0.39, 0.29) is 23.1 Å². The van der Waals surface area contributed by atoms with Crippen molar-refractivity contribution in [3.8, 4) is 0 Å². The number of hydrogen-bond donors (Lipinski definition) is 2. The molecule has 2 N–H and O–H groups in total. The maximum Gasteiger partial charge on any atom is 0.336 e. The highest BCUT2D eigenvalue weighted by atomic mass is 16.4. The van der Waals surface area contributed by atoms with Gasteiger partial charge in [0, 0.05) is 6.04 Å². The lowest BCUT2D eigenvalue weighted by Gasteiger charge is -2.17. The molecule has 0 aromatic heterocycles. The summed E-state index contributed by atoms with van der Waals surface area (Å²) in [5.41, 5.74) is 0.228. The second-order valence-corrected chi connectivity index (χ2v) is 4.82. The van der Waals surface area contributed by atoms with E-state index >= 15 is 0 Å². The van der Waals surface area contributed by atoms with Crippen LogP contribution in [0.3, 0.4) is 0 Å². The fraction of sp³-hybridized carbons (Fsp3) is 0.429. The molecule has 5 heteroatoms. The lowest BCUT2D eigenvalue weighted by molar-refractivity contribution is 0.0690. The molecule has 0 aliphatic heterocycles. The van der Waals surface area contributed by atoms with Gasteiger partial charge in [-0.15, -0.1) is 0 Å². The van der Waals surface area contributed by atoms with Crippen molar-refractivity contribution in [3.05, 3.63) is 35.4 Å². The van der Waals surface area contributed by atoms with E-state index < -0.39 is 5.97 Å². The zero-order valence-electron chi connectivity index (χ0n) is 11.5. The lowest BCUT2D eigenvalue weighted by Crippen LogP contribution is -2.35. The van der Waals surface area contributed by atoms with Gasteiger partial charge in [0.2, 0.25) is 0 Å². The van der Waals surface area contributed by atoms with E-state index in [0.29, 0.717) is 0 Å². The summed E-state index contributed by atoms with van der Waals surface area (Å²) in [5, 5.41) is 11.9. The molecule has 0 fully saturated rings. The quantitative estimate of drug-likeness (QED) is 0.816. The zero-order valence-corrected chi connectivity index (χ0v) is 11.5. The van der Waals surface area contributed by atoms with Crippen LogP contribution in [-0.2, 0) is 0 Å². The number of hydrogen-bond acceptors (Lipinski definition) is 3. The second kappa shape index (κ2) is 6.89. The summed E-state index contributed by atoms with van der Waals surface area (Å²) in [4.78, 5) is 25.1. The second-order valence-electron chi connectivity index (χ2n) is 4.82. The molecule has 1 atom stereocenters. The van der Waals surface area contributed by atoms with Crippen molar-refractivity contribution < 1.29 is 14.7 Å². The third kappa shape index (κ3) is 4.71. The number of amides is 1. The highest BCUT2D eigenvalue weighted by Gasteiger charge is 2.17. The maximum absolute atomic E-state index is 12.0. The maximum atomic E-state index is 12.0. The summed E-state index contributed by atoms with van der Waals surface area (Å²) in [6.45, 7) is 2.77. The molecule has 0 saturated carbocycles. The summed E-state index contributed by atoms with van der Waals surface area (Å²) in [6, 6.07) is 6.22. The van der Waals surface area contributed by atoms with Gasteiger partial charge in [-0.05, 0) is 46.1 Å². The molecule has 104 valence electrons. The molecule has 0 heterocycles. The molecule has 0 spiro atoms. The van der Waals surface area contributed by atoms with Gasteiger partial charge in [0.15, 0.2) is 0 Å². The van der Waals surface area contributed by atoms with E-state index in [1.807, 2.05) is 25.9 Å². The molecule has 1 unspecified atom stereocenters. The molecule has 19 heavy (non-hydrogen) atoms. The monoisotopic (exact) mass is 264 g/mol. The van der Waals surface area contributed by atoms with Crippen molar-refractivity contribution >= 4 is 11.9 Å². The van der Waals surface area contributed by atoms with Gasteiger partial charge in [-0.25, -0.2) is 4.79 Å². The SMILES string of the molecule is CC(CCN(C)C)NC(=O)c1ccccc1C(=O)O. The van der Waals surface area contributed by atoms with Crippen LogP contribution in [0.2, 0.25) is 0 Å². The highest BCUT2D eigenvalue weighted by molar-refractivity contribution is 6.04. The smallest absolute Gasteiger partial charge is 0.336 e. The van der Waals surface area contributed by atoms with E-state index in [2.05, 4.69) is 5.32 Å². The Morgan fingerprint density at radius 3 is 2.37 bits per heavy atom. The molecule has 0 radical (unpaired) electrons. The third-order valence-corrected chi connectivity index (χ3v) is 2.79. The van der Waals surface area contributed by atoms with E-state index in [0.717, 1.165) is 13.0 Å². The van der Waals surface area contributed by atoms with Gasteiger partial charge in [0.25, 0.3) is 5.91 Å². The number of benzene rings is 1. The molecule has 0 aliphatic rings. The van der Waals surface area contributed by atoms with Crippen LogP contribution in [0.1, 0.15) is 34.1 Å². The van der Waals surface area contributed by atoms with Crippen molar-refractivity contribution in [3.63, 3.8) is 0 Å². The minimum Gasteiger partial charge on any atom is -0.478 e. The predicted molar refractivity (Wildman–Crippen MR) is 73.5 cm³/mol. The van der Waals surface area contributed by atoms with Crippen LogP contribution in [-0.4, -0.2) is 48.6 Å². The highest BCUT2D eigenvalue weighted by Crippen LogP contribution is 2.09. The van der Waals surface area contributed by atoms with Crippen molar-refractivity contribution in [1.82, 2.24) is 10.2 Å². The summed E-state index contributed by atoms with van der Waals surface area (Å²) in [5.74, 6) is -1.43.